The minimum atomic E-state index is 0.848. The van der Waals surface area contributed by atoms with Crippen molar-refractivity contribution in [1.82, 2.24) is 9.97 Å². The number of benzene rings is 1. The molecule has 0 N–H and O–H groups in total. The normalized spacial score (nSPS) is 13.1. The highest BCUT2D eigenvalue weighted by molar-refractivity contribution is 7.25. The minimum absolute atomic E-state index is 0.848. The van der Waals surface area contributed by atoms with Gasteiger partial charge in [-0.2, -0.15) is 0 Å². The van der Waals surface area contributed by atoms with Crippen LogP contribution in [-0.4, -0.2) is 15.8 Å². The second kappa shape index (κ2) is 5.24. The molecule has 3 aromatic heterocycles. The number of allylic oxidation sites excluding steroid dienone is 1. The van der Waals surface area contributed by atoms with Crippen LogP contribution in [0.5, 0.6) is 0 Å². The maximum atomic E-state index is 4.65. The first kappa shape index (κ1) is 13.4. The molecule has 0 atom stereocenters. The fourth-order valence-corrected chi connectivity index (χ4v) is 3.98. The number of nitrogens with zero attached hydrogens (tertiary/aromatic N) is 3. The Morgan fingerprint density at radius 1 is 0.958 bits per heavy atom. The lowest BCUT2D eigenvalue weighted by Gasteiger charge is -2.01. The van der Waals surface area contributed by atoms with E-state index >= 15 is 0 Å². The van der Waals surface area contributed by atoms with E-state index in [2.05, 4.69) is 45.1 Å². The quantitative estimate of drug-likeness (QED) is 0.539. The number of fused-ring (bicyclic) bond motifs is 4. The Morgan fingerprint density at radius 3 is 2.92 bits per heavy atom. The summed E-state index contributed by atoms with van der Waals surface area (Å²) in [5, 5.41) is 4.53. The van der Waals surface area contributed by atoms with Crippen molar-refractivity contribution >= 4 is 49.3 Å². The third-order valence-electron chi connectivity index (χ3n) is 4.11. The van der Waals surface area contributed by atoms with Gasteiger partial charge in [0.15, 0.2) is 0 Å². The van der Waals surface area contributed by atoms with E-state index in [1.54, 1.807) is 11.3 Å². The van der Waals surface area contributed by atoms with Gasteiger partial charge in [-0.25, -0.2) is 9.98 Å². The predicted molar refractivity (Wildman–Crippen MR) is 99.6 cm³/mol. The number of rotatable bonds is 1. The van der Waals surface area contributed by atoms with Crippen molar-refractivity contribution in [3.8, 4) is 0 Å². The van der Waals surface area contributed by atoms with Gasteiger partial charge in [0.2, 0.25) is 0 Å². The molecule has 0 spiro atoms. The van der Waals surface area contributed by atoms with Gasteiger partial charge in [0.05, 0.1) is 10.4 Å². The lowest BCUT2D eigenvalue weighted by atomic mass is 10.1. The van der Waals surface area contributed by atoms with E-state index in [0.29, 0.717) is 0 Å². The van der Waals surface area contributed by atoms with Gasteiger partial charge in [0, 0.05) is 34.5 Å². The first-order chi connectivity index (χ1) is 11.9. The molecule has 4 heteroatoms. The summed E-state index contributed by atoms with van der Waals surface area (Å²) in [5.41, 5.74) is 1.70. The largest absolute Gasteiger partial charge is 0.253 e. The molecule has 3 nitrogen and oxygen atoms in total. The Morgan fingerprint density at radius 2 is 1.92 bits per heavy atom. The van der Waals surface area contributed by atoms with Crippen LogP contribution in [0.2, 0.25) is 0 Å². The number of aromatic nitrogens is 2. The molecule has 4 aromatic rings. The summed E-state index contributed by atoms with van der Waals surface area (Å²) in [4.78, 5) is 14.6. The van der Waals surface area contributed by atoms with Crippen molar-refractivity contribution in [2.24, 2.45) is 4.99 Å². The summed E-state index contributed by atoms with van der Waals surface area (Å²) in [6.45, 7) is 0. The molecule has 0 amide bonds. The van der Waals surface area contributed by atoms with Crippen LogP contribution in [0, 0.1) is 0 Å². The van der Waals surface area contributed by atoms with Crippen molar-refractivity contribution in [1.29, 1.82) is 0 Å². The monoisotopic (exact) mass is 325 g/mol. The van der Waals surface area contributed by atoms with E-state index in [0.717, 1.165) is 36.7 Å². The molecule has 0 unspecified atom stereocenters. The van der Waals surface area contributed by atoms with E-state index < -0.39 is 0 Å². The standard InChI is InChI=1S/C20H11N3S/c1-2-7-14-13(5-1)6-3-9-21-19(14)17-11-16-15-8-4-10-22-20(15)24-18(16)12-23-17/h1-8,10-12H. The summed E-state index contributed by atoms with van der Waals surface area (Å²) in [6, 6.07) is 14.4. The summed E-state index contributed by atoms with van der Waals surface area (Å²) >= 11 is 1.67. The van der Waals surface area contributed by atoms with E-state index in [1.165, 1.54) is 5.39 Å². The molecule has 24 heavy (non-hydrogen) atoms. The van der Waals surface area contributed by atoms with Gasteiger partial charge in [-0.3, -0.25) is 4.98 Å². The second-order valence-corrected chi connectivity index (χ2v) is 6.56. The SMILES string of the molecule is C1=CC=c2ccccc2=C(c2cc3c(cn2)sc2ncccc23)N=1. The molecular formula is C20H11N3S. The zero-order valence-corrected chi connectivity index (χ0v) is 13.4. The zero-order valence-electron chi connectivity index (χ0n) is 12.6. The Balaban J connectivity index is 1.88. The second-order valence-electron chi connectivity index (χ2n) is 5.53. The molecule has 0 radical (unpaired) electrons. The van der Waals surface area contributed by atoms with Gasteiger partial charge in [-0.1, -0.05) is 24.3 Å². The van der Waals surface area contributed by atoms with Crippen molar-refractivity contribution in [3.05, 3.63) is 77.1 Å². The number of pyridine rings is 2. The molecule has 1 aliphatic heterocycles. The first-order valence-electron chi connectivity index (χ1n) is 7.63. The lowest BCUT2D eigenvalue weighted by molar-refractivity contribution is 1.27. The first-order valence-corrected chi connectivity index (χ1v) is 8.44. The average molecular weight is 325 g/mol. The summed E-state index contributed by atoms with van der Waals surface area (Å²) in [7, 11) is 0. The average Bonchev–Trinajstić information content (AvgIpc) is 2.86. The molecule has 0 bridgehead atoms. The zero-order chi connectivity index (χ0) is 15.9. The maximum Gasteiger partial charge on any atom is 0.124 e. The number of hydrogen-bond acceptors (Lipinski definition) is 4. The van der Waals surface area contributed by atoms with Gasteiger partial charge >= 0.3 is 0 Å². The van der Waals surface area contributed by atoms with Gasteiger partial charge in [-0.15, -0.1) is 11.3 Å². The van der Waals surface area contributed by atoms with Crippen LogP contribution in [0.4, 0.5) is 0 Å². The van der Waals surface area contributed by atoms with Crippen molar-refractivity contribution < 1.29 is 0 Å². The maximum absolute atomic E-state index is 4.65. The van der Waals surface area contributed by atoms with Gasteiger partial charge in [0.25, 0.3) is 0 Å². The molecule has 0 aliphatic carbocycles. The van der Waals surface area contributed by atoms with Crippen LogP contribution in [0.3, 0.4) is 0 Å². The van der Waals surface area contributed by atoms with Gasteiger partial charge in [-0.05, 0) is 35.4 Å². The Kier molecular flexibility index (Phi) is 2.92. The lowest BCUT2D eigenvalue weighted by Crippen LogP contribution is -2.26. The van der Waals surface area contributed by atoms with E-state index in [1.807, 2.05) is 42.7 Å². The highest BCUT2D eigenvalue weighted by atomic mass is 32.1. The van der Waals surface area contributed by atoms with Crippen molar-refractivity contribution in [2.45, 2.75) is 0 Å². The predicted octanol–water partition coefficient (Wildman–Crippen LogP) is 3.02. The highest BCUT2D eigenvalue weighted by Gasteiger charge is 2.10. The van der Waals surface area contributed by atoms with Crippen molar-refractivity contribution in [3.63, 3.8) is 0 Å². The summed E-state index contributed by atoms with van der Waals surface area (Å²) < 4.78 is 1.14. The third-order valence-corrected chi connectivity index (χ3v) is 5.17. The molecule has 0 saturated heterocycles. The van der Waals surface area contributed by atoms with Crippen LogP contribution in [0.15, 0.2) is 65.9 Å². The molecule has 4 heterocycles. The van der Waals surface area contributed by atoms with Crippen LogP contribution in [-0.2, 0) is 0 Å². The Labute approximate surface area is 141 Å². The van der Waals surface area contributed by atoms with E-state index in [9.17, 15) is 0 Å². The molecule has 1 aliphatic rings. The third kappa shape index (κ3) is 2.02. The van der Waals surface area contributed by atoms with Gasteiger partial charge in [0.1, 0.15) is 10.5 Å². The van der Waals surface area contributed by atoms with Gasteiger partial charge < -0.3 is 0 Å². The summed E-state index contributed by atoms with van der Waals surface area (Å²) in [5.74, 6) is 2.98. The number of hydrogen-bond donors (Lipinski definition) is 0. The van der Waals surface area contributed by atoms with Crippen LogP contribution in [0.25, 0.3) is 32.1 Å². The molecule has 0 saturated carbocycles. The minimum Gasteiger partial charge on any atom is -0.253 e. The molecule has 1 aromatic carbocycles. The fourth-order valence-electron chi connectivity index (χ4n) is 2.99. The van der Waals surface area contributed by atoms with E-state index in [-0.39, 0.29) is 0 Å². The number of thiophene rings is 1. The molecular weight excluding hydrogens is 314 g/mol. The molecule has 112 valence electrons. The smallest absolute Gasteiger partial charge is 0.124 e. The molecule has 0 fully saturated rings. The van der Waals surface area contributed by atoms with Crippen molar-refractivity contribution in [2.75, 3.05) is 0 Å². The highest BCUT2D eigenvalue weighted by Crippen LogP contribution is 2.32. The topological polar surface area (TPSA) is 38.1 Å². The summed E-state index contributed by atoms with van der Waals surface area (Å²) in [6.07, 6.45) is 7.61. The van der Waals surface area contributed by atoms with Crippen LogP contribution in [0.1, 0.15) is 5.69 Å². The number of aliphatic imine (C=N–C) groups is 1. The van der Waals surface area contributed by atoms with E-state index in [4.69, 9.17) is 0 Å². The Bertz CT molecular complexity index is 1290. The fraction of sp³-hybridized carbons (Fsp3) is 0. The molecule has 5 rings (SSSR count). The Hall–Kier alpha value is -3.07. The van der Waals surface area contributed by atoms with Crippen LogP contribution >= 0.6 is 11.3 Å². The van der Waals surface area contributed by atoms with Crippen LogP contribution < -0.4 is 10.4 Å².